The lowest BCUT2D eigenvalue weighted by Crippen LogP contribution is -1.85. The van der Waals surface area contributed by atoms with Crippen LogP contribution in [0.4, 0.5) is 0 Å². The number of rotatable bonds is 0. The molecule has 1 aliphatic carbocycles. The molecule has 1 saturated carbocycles. The molecule has 0 aromatic heterocycles. The minimum atomic E-state index is 1.00. The largest absolute Gasteiger partial charge is 0.400 e. The molecule has 6 heteroatoms. The van der Waals surface area contributed by atoms with E-state index in [-0.39, 0.29) is 0 Å². The molecule has 1 rings (SSSR count). The van der Waals surface area contributed by atoms with Crippen LogP contribution < -0.4 is 0 Å². The Labute approximate surface area is 323 Å². The molecule has 0 aromatic rings. The number of hydrogen-bond acceptors (Lipinski definition) is 6. The van der Waals surface area contributed by atoms with Gasteiger partial charge >= 0.3 is 0 Å². The zero-order chi connectivity index (χ0) is 39.6. The van der Waals surface area contributed by atoms with Gasteiger partial charge in [0, 0.05) is 42.7 Å². The van der Waals surface area contributed by atoms with Gasteiger partial charge in [-0.25, -0.2) is 0 Å². The molecule has 0 amide bonds. The van der Waals surface area contributed by atoms with Gasteiger partial charge in [0.2, 0.25) is 0 Å². The van der Waals surface area contributed by atoms with Crippen LogP contribution in [0.2, 0.25) is 0 Å². The molecule has 0 aliphatic heterocycles. The standard InChI is InChI=1S/C39H78.6CH4O/c1-2-4-6-8-10-12-14-16-18-20-22-24-26-28-30-32-34-36-38-39-37-35-33-31-29-27-25-23-21-19-17-15-13-11-9-7-5-3-1;6*1-2/h1-39H2;6*2H,1H3. The van der Waals surface area contributed by atoms with E-state index >= 15 is 0 Å². The van der Waals surface area contributed by atoms with Crippen LogP contribution in [-0.2, 0) is 0 Å². The Bertz CT molecular complexity index is 233. The van der Waals surface area contributed by atoms with E-state index in [1.807, 2.05) is 0 Å². The molecule has 0 heterocycles. The van der Waals surface area contributed by atoms with Crippen LogP contribution in [0.1, 0.15) is 250 Å². The molecule has 1 fully saturated rings. The fraction of sp³-hybridized carbons (Fsp3) is 1.00. The highest BCUT2D eigenvalue weighted by Gasteiger charge is 1.98. The summed E-state index contributed by atoms with van der Waals surface area (Å²) < 4.78 is 0. The van der Waals surface area contributed by atoms with Crippen LogP contribution in [0.15, 0.2) is 0 Å². The second-order valence-electron chi connectivity index (χ2n) is 13.8. The minimum absolute atomic E-state index is 1.00. The smallest absolute Gasteiger partial charge is 0.0319 e. The zero-order valence-corrected chi connectivity index (χ0v) is 36.3. The molecule has 0 radical (unpaired) electrons. The highest BCUT2D eigenvalue weighted by atomic mass is 16.2. The van der Waals surface area contributed by atoms with Gasteiger partial charge in [-0.15, -0.1) is 0 Å². The predicted octanol–water partition coefficient (Wildman–Crippen LogP) is 12.9. The molecule has 0 bridgehead atoms. The molecular formula is C45H102O6. The van der Waals surface area contributed by atoms with Crippen molar-refractivity contribution in [2.75, 3.05) is 42.7 Å². The van der Waals surface area contributed by atoms with Gasteiger partial charge in [0.05, 0.1) is 0 Å². The summed E-state index contributed by atoms with van der Waals surface area (Å²) in [6, 6.07) is 0. The normalized spacial score (nSPS) is 19.1. The first-order chi connectivity index (χ1) is 25.5. The third-order valence-corrected chi connectivity index (χ3v) is 9.75. The minimum Gasteiger partial charge on any atom is -0.400 e. The topological polar surface area (TPSA) is 121 Å². The van der Waals surface area contributed by atoms with Crippen molar-refractivity contribution in [3.8, 4) is 0 Å². The lowest BCUT2D eigenvalue weighted by Gasteiger charge is -2.05. The van der Waals surface area contributed by atoms with Crippen LogP contribution in [0.3, 0.4) is 0 Å². The molecule has 51 heavy (non-hydrogen) atoms. The maximum absolute atomic E-state index is 7.00. The Morgan fingerprint density at radius 1 is 0.0980 bits per heavy atom. The first-order valence-electron chi connectivity index (χ1n) is 22.2. The third-order valence-electron chi connectivity index (χ3n) is 9.75. The van der Waals surface area contributed by atoms with Crippen molar-refractivity contribution in [1.29, 1.82) is 0 Å². The zero-order valence-electron chi connectivity index (χ0n) is 36.3. The van der Waals surface area contributed by atoms with Gasteiger partial charge in [0.1, 0.15) is 0 Å². The van der Waals surface area contributed by atoms with E-state index in [0.29, 0.717) is 0 Å². The van der Waals surface area contributed by atoms with E-state index in [9.17, 15) is 0 Å². The van der Waals surface area contributed by atoms with Crippen molar-refractivity contribution in [2.24, 2.45) is 0 Å². The van der Waals surface area contributed by atoms with Gasteiger partial charge in [-0.05, 0) is 0 Å². The summed E-state index contributed by atoms with van der Waals surface area (Å²) in [5.74, 6) is 0. The fourth-order valence-corrected chi connectivity index (χ4v) is 6.89. The van der Waals surface area contributed by atoms with E-state index in [1.165, 1.54) is 250 Å². The van der Waals surface area contributed by atoms with E-state index < -0.39 is 0 Å². The summed E-state index contributed by atoms with van der Waals surface area (Å²) in [6.07, 6.45) is 58.5. The van der Waals surface area contributed by atoms with Gasteiger partial charge in [-0.2, -0.15) is 0 Å². The molecule has 0 aromatic carbocycles. The van der Waals surface area contributed by atoms with Crippen LogP contribution in [0.5, 0.6) is 0 Å². The molecule has 0 spiro atoms. The van der Waals surface area contributed by atoms with E-state index in [1.54, 1.807) is 0 Å². The van der Waals surface area contributed by atoms with Crippen LogP contribution in [0.25, 0.3) is 0 Å². The van der Waals surface area contributed by atoms with Crippen molar-refractivity contribution < 1.29 is 30.6 Å². The maximum Gasteiger partial charge on any atom is 0.0319 e. The van der Waals surface area contributed by atoms with Crippen LogP contribution in [-0.4, -0.2) is 73.3 Å². The Morgan fingerprint density at radius 2 is 0.118 bits per heavy atom. The van der Waals surface area contributed by atoms with Gasteiger partial charge < -0.3 is 30.6 Å². The van der Waals surface area contributed by atoms with Crippen molar-refractivity contribution in [3.05, 3.63) is 0 Å². The maximum atomic E-state index is 7.00. The summed E-state index contributed by atoms with van der Waals surface area (Å²) in [4.78, 5) is 0. The molecular weight excluding hydrogens is 636 g/mol. The van der Waals surface area contributed by atoms with E-state index in [4.69, 9.17) is 30.6 Å². The molecule has 0 unspecified atom stereocenters. The number of aliphatic hydroxyl groups excluding tert-OH is 6. The predicted molar refractivity (Wildman–Crippen MR) is 229 cm³/mol. The molecule has 0 atom stereocenters. The molecule has 6 nitrogen and oxygen atoms in total. The molecule has 318 valence electrons. The quantitative estimate of drug-likeness (QED) is 0.147. The van der Waals surface area contributed by atoms with Gasteiger partial charge in [-0.3, -0.25) is 0 Å². The summed E-state index contributed by atoms with van der Waals surface area (Å²) in [5.41, 5.74) is 0. The lowest BCUT2D eigenvalue weighted by atomic mass is 10.0. The number of hydrogen-bond donors (Lipinski definition) is 6. The van der Waals surface area contributed by atoms with Crippen LogP contribution >= 0.6 is 0 Å². The monoisotopic (exact) mass is 739 g/mol. The van der Waals surface area contributed by atoms with Gasteiger partial charge in [0.15, 0.2) is 0 Å². The first-order valence-corrected chi connectivity index (χ1v) is 22.2. The Hall–Kier alpha value is -0.240. The second-order valence-corrected chi connectivity index (χ2v) is 13.8. The summed E-state index contributed by atoms with van der Waals surface area (Å²) in [7, 11) is 6.00. The van der Waals surface area contributed by atoms with E-state index in [2.05, 4.69) is 0 Å². The Balaban J connectivity index is -0.000000379. The van der Waals surface area contributed by atoms with Crippen molar-refractivity contribution in [3.63, 3.8) is 0 Å². The summed E-state index contributed by atoms with van der Waals surface area (Å²) in [6.45, 7) is 0. The molecule has 0 saturated heterocycles. The third kappa shape index (κ3) is 75.6. The summed E-state index contributed by atoms with van der Waals surface area (Å²) in [5, 5.41) is 42.0. The Kier molecular flexibility index (Phi) is 96.9. The average Bonchev–Trinajstić information content (AvgIpc) is 3.21. The highest BCUT2D eigenvalue weighted by Crippen LogP contribution is 2.18. The van der Waals surface area contributed by atoms with Gasteiger partial charge in [-0.1, -0.05) is 250 Å². The van der Waals surface area contributed by atoms with Crippen molar-refractivity contribution >= 4 is 0 Å². The average molecular weight is 739 g/mol. The fourth-order valence-electron chi connectivity index (χ4n) is 6.89. The van der Waals surface area contributed by atoms with Crippen LogP contribution in [0, 0.1) is 0 Å². The van der Waals surface area contributed by atoms with E-state index in [0.717, 1.165) is 42.7 Å². The van der Waals surface area contributed by atoms with Crippen molar-refractivity contribution in [2.45, 2.75) is 250 Å². The van der Waals surface area contributed by atoms with Crippen molar-refractivity contribution in [1.82, 2.24) is 0 Å². The molecule has 1 aliphatic rings. The highest BCUT2D eigenvalue weighted by molar-refractivity contribution is 4.54. The number of aliphatic hydroxyl groups is 6. The SMILES string of the molecule is C1CCCCCCCCCCCCCCCCCCCCCCCCCCCCCCCCCCCCCC1.CO.CO.CO.CO.CO.CO. The van der Waals surface area contributed by atoms with Gasteiger partial charge in [0.25, 0.3) is 0 Å². The summed E-state index contributed by atoms with van der Waals surface area (Å²) >= 11 is 0. The lowest BCUT2D eigenvalue weighted by molar-refractivity contribution is 0.399. The Morgan fingerprint density at radius 3 is 0.137 bits per heavy atom. The second kappa shape index (κ2) is 78.7. The molecule has 6 N–H and O–H groups in total. The first kappa shape index (κ1) is 62.7.